The van der Waals surface area contributed by atoms with Crippen LogP contribution in [0, 0.1) is 17.5 Å². The van der Waals surface area contributed by atoms with E-state index < -0.39 is 17.5 Å². The third kappa shape index (κ3) is 2.04. The Morgan fingerprint density at radius 2 is 1.73 bits per heavy atom. The maximum atomic E-state index is 12.9. The number of rotatable bonds is 1. The van der Waals surface area contributed by atoms with Crippen molar-refractivity contribution < 1.29 is 17.9 Å². The van der Waals surface area contributed by atoms with Crippen LogP contribution >= 0.6 is 0 Å². The first-order chi connectivity index (χ1) is 7.18. The molecule has 0 bridgehead atoms. The third-order valence-electron chi connectivity index (χ3n) is 2.29. The minimum Gasteiger partial charge on any atom is -0.369 e. The summed E-state index contributed by atoms with van der Waals surface area (Å²) in [5.74, 6) is -3.79. The van der Waals surface area contributed by atoms with Gasteiger partial charge in [-0.15, -0.1) is 0 Å². The fourth-order valence-corrected chi connectivity index (χ4v) is 1.52. The summed E-state index contributed by atoms with van der Waals surface area (Å²) in [4.78, 5) is 0. The van der Waals surface area contributed by atoms with Crippen LogP contribution in [0.25, 0.3) is 0 Å². The van der Waals surface area contributed by atoms with Crippen molar-refractivity contribution >= 4 is 0 Å². The number of halogens is 3. The van der Waals surface area contributed by atoms with Crippen LogP contribution in [-0.2, 0) is 4.74 Å². The topological polar surface area (TPSA) is 9.23 Å². The van der Waals surface area contributed by atoms with Crippen LogP contribution in [0.3, 0.4) is 0 Å². The van der Waals surface area contributed by atoms with Crippen molar-refractivity contribution in [2.24, 2.45) is 0 Å². The van der Waals surface area contributed by atoms with Crippen LogP contribution in [0.4, 0.5) is 13.2 Å². The molecule has 1 aliphatic heterocycles. The molecule has 80 valence electrons. The number of hydrogen-bond donors (Lipinski definition) is 0. The first-order valence-corrected chi connectivity index (χ1v) is 4.59. The van der Waals surface area contributed by atoms with Crippen LogP contribution in [0.5, 0.6) is 0 Å². The van der Waals surface area contributed by atoms with E-state index in [9.17, 15) is 13.2 Å². The Kier molecular flexibility index (Phi) is 2.77. The van der Waals surface area contributed by atoms with E-state index in [0.29, 0.717) is 18.6 Å². The summed E-state index contributed by atoms with van der Waals surface area (Å²) >= 11 is 0. The molecule has 0 saturated carbocycles. The Balaban J connectivity index is 2.32. The molecule has 0 aromatic heterocycles. The summed E-state index contributed by atoms with van der Waals surface area (Å²) < 4.78 is 43.8. The lowest BCUT2D eigenvalue weighted by atomic mass is 10.0. The van der Waals surface area contributed by atoms with Gasteiger partial charge in [-0.1, -0.05) is 12.2 Å². The quantitative estimate of drug-likeness (QED) is 0.515. The molecule has 1 aromatic rings. The average Bonchev–Trinajstić information content (AvgIpc) is 2.26. The van der Waals surface area contributed by atoms with Gasteiger partial charge in [-0.2, -0.15) is 0 Å². The highest BCUT2D eigenvalue weighted by Crippen LogP contribution is 2.26. The monoisotopic (exact) mass is 214 g/mol. The van der Waals surface area contributed by atoms with Crippen molar-refractivity contribution in [2.75, 3.05) is 6.61 Å². The number of hydrogen-bond acceptors (Lipinski definition) is 1. The van der Waals surface area contributed by atoms with Gasteiger partial charge in [0, 0.05) is 0 Å². The molecule has 0 N–H and O–H groups in total. The molecule has 2 rings (SSSR count). The van der Waals surface area contributed by atoms with Gasteiger partial charge in [-0.25, -0.2) is 13.2 Å². The Hall–Kier alpha value is -1.29. The largest absolute Gasteiger partial charge is 0.369 e. The predicted molar refractivity (Wildman–Crippen MR) is 48.8 cm³/mol. The molecule has 1 nitrogen and oxygen atoms in total. The van der Waals surface area contributed by atoms with Crippen molar-refractivity contribution in [3.8, 4) is 0 Å². The van der Waals surface area contributed by atoms with Crippen molar-refractivity contribution in [3.63, 3.8) is 0 Å². The standard InChI is InChI=1S/C11H9F3O/c12-8-5-7(6-9(13)11(8)14)10-3-1-2-4-15-10/h1-2,5-6,10H,3-4H2. The second kappa shape index (κ2) is 4.06. The van der Waals surface area contributed by atoms with Crippen LogP contribution < -0.4 is 0 Å². The molecule has 4 heteroatoms. The van der Waals surface area contributed by atoms with Gasteiger partial charge in [0.1, 0.15) is 0 Å². The van der Waals surface area contributed by atoms with E-state index in [1.807, 2.05) is 12.2 Å². The van der Waals surface area contributed by atoms with Crippen LogP contribution in [0.15, 0.2) is 24.3 Å². The molecule has 1 aliphatic rings. The van der Waals surface area contributed by atoms with E-state index in [0.717, 1.165) is 12.1 Å². The van der Waals surface area contributed by atoms with Crippen molar-refractivity contribution in [1.29, 1.82) is 0 Å². The SMILES string of the molecule is Fc1cc(C2CC=CCO2)cc(F)c1F. The van der Waals surface area contributed by atoms with Crippen LogP contribution in [0.1, 0.15) is 18.1 Å². The molecule has 0 spiro atoms. The van der Waals surface area contributed by atoms with E-state index in [2.05, 4.69) is 0 Å². The highest BCUT2D eigenvalue weighted by Gasteiger charge is 2.18. The lowest BCUT2D eigenvalue weighted by molar-refractivity contribution is 0.0671. The van der Waals surface area contributed by atoms with E-state index in [4.69, 9.17) is 4.74 Å². The van der Waals surface area contributed by atoms with Crippen molar-refractivity contribution in [3.05, 3.63) is 47.3 Å². The fourth-order valence-electron chi connectivity index (χ4n) is 1.52. The minimum absolute atomic E-state index is 0.329. The zero-order valence-corrected chi connectivity index (χ0v) is 7.84. The normalized spacial score (nSPS) is 20.6. The molecule has 1 atom stereocenters. The molecule has 1 unspecified atom stereocenters. The average molecular weight is 214 g/mol. The van der Waals surface area contributed by atoms with Crippen molar-refractivity contribution in [2.45, 2.75) is 12.5 Å². The molecule has 1 heterocycles. The van der Waals surface area contributed by atoms with Gasteiger partial charge in [0.2, 0.25) is 0 Å². The third-order valence-corrected chi connectivity index (χ3v) is 2.29. The van der Waals surface area contributed by atoms with Gasteiger partial charge >= 0.3 is 0 Å². The summed E-state index contributed by atoms with van der Waals surface area (Å²) in [5.41, 5.74) is 0.329. The molecule has 0 amide bonds. The number of ether oxygens (including phenoxy) is 1. The van der Waals surface area contributed by atoms with Gasteiger partial charge in [0.15, 0.2) is 17.5 Å². The molecule has 0 radical (unpaired) electrons. The van der Waals surface area contributed by atoms with Crippen LogP contribution in [0.2, 0.25) is 0 Å². The van der Waals surface area contributed by atoms with E-state index in [1.54, 1.807) is 0 Å². The summed E-state index contributed by atoms with van der Waals surface area (Å²) in [6.07, 6.45) is 3.85. The van der Waals surface area contributed by atoms with Gasteiger partial charge in [0.05, 0.1) is 12.7 Å². The lowest BCUT2D eigenvalue weighted by Crippen LogP contribution is -2.09. The molecular weight excluding hydrogens is 205 g/mol. The molecule has 1 aromatic carbocycles. The first-order valence-electron chi connectivity index (χ1n) is 4.59. The Bertz CT molecular complexity index is 378. The van der Waals surface area contributed by atoms with Gasteiger partial charge < -0.3 is 4.74 Å². The zero-order valence-electron chi connectivity index (χ0n) is 7.84. The molecule has 0 aliphatic carbocycles. The van der Waals surface area contributed by atoms with E-state index >= 15 is 0 Å². The van der Waals surface area contributed by atoms with E-state index in [-0.39, 0.29) is 6.10 Å². The summed E-state index contributed by atoms with van der Waals surface area (Å²) in [6, 6.07) is 1.95. The van der Waals surface area contributed by atoms with Gasteiger partial charge in [-0.05, 0) is 24.1 Å². The molecular formula is C11H9F3O. The lowest BCUT2D eigenvalue weighted by Gasteiger charge is -2.19. The zero-order chi connectivity index (χ0) is 10.8. The summed E-state index contributed by atoms with van der Waals surface area (Å²) in [7, 11) is 0. The van der Waals surface area contributed by atoms with Crippen molar-refractivity contribution in [1.82, 2.24) is 0 Å². The maximum absolute atomic E-state index is 12.9. The second-order valence-electron chi connectivity index (χ2n) is 3.33. The van der Waals surface area contributed by atoms with Gasteiger partial charge in [0.25, 0.3) is 0 Å². The molecule has 15 heavy (non-hydrogen) atoms. The summed E-state index contributed by atoms with van der Waals surface area (Å²) in [6.45, 7) is 0.408. The minimum atomic E-state index is -1.44. The molecule has 0 saturated heterocycles. The highest BCUT2D eigenvalue weighted by molar-refractivity contribution is 5.22. The Morgan fingerprint density at radius 1 is 1.07 bits per heavy atom. The highest BCUT2D eigenvalue weighted by atomic mass is 19.2. The van der Waals surface area contributed by atoms with E-state index in [1.165, 1.54) is 0 Å². The Morgan fingerprint density at radius 3 is 2.27 bits per heavy atom. The summed E-state index contributed by atoms with van der Waals surface area (Å²) in [5, 5.41) is 0. The fraction of sp³-hybridized carbons (Fsp3) is 0.273. The second-order valence-corrected chi connectivity index (χ2v) is 3.33. The maximum Gasteiger partial charge on any atom is 0.194 e. The Labute approximate surface area is 85.2 Å². The van der Waals surface area contributed by atoms with Crippen LogP contribution in [-0.4, -0.2) is 6.61 Å². The first kappa shape index (κ1) is 10.2. The van der Waals surface area contributed by atoms with Gasteiger partial charge in [-0.3, -0.25) is 0 Å². The smallest absolute Gasteiger partial charge is 0.194 e. The number of benzene rings is 1. The predicted octanol–water partition coefficient (Wildman–Crippen LogP) is 3.12. The molecule has 0 fully saturated rings.